The molecule has 2 atom stereocenters. The summed E-state index contributed by atoms with van der Waals surface area (Å²) in [6.07, 6.45) is 38.3. The van der Waals surface area contributed by atoms with Gasteiger partial charge in [-0.2, -0.15) is 0 Å². The SMILES string of the molecule is CCCCCCCC/C=C/CCCC[C@@H](O)[C@H](CO)NC(=O)CCCCCCCCCCCCCCCCCC. The first-order valence-electron chi connectivity index (χ1n) is 17.9. The van der Waals surface area contributed by atoms with Crippen LogP contribution in [0.2, 0.25) is 0 Å². The molecule has 40 heavy (non-hydrogen) atoms. The molecule has 0 bridgehead atoms. The quantitative estimate of drug-likeness (QED) is 0.0561. The summed E-state index contributed by atoms with van der Waals surface area (Å²) in [6, 6.07) is -0.545. The highest BCUT2D eigenvalue weighted by Gasteiger charge is 2.19. The summed E-state index contributed by atoms with van der Waals surface area (Å²) in [5.74, 6) is -0.0407. The van der Waals surface area contributed by atoms with E-state index < -0.39 is 12.1 Å². The number of aliphatic hydroxyl groups is 2. The Kier molecular flexibility index (Phi) is 31.9. The molecule has 0 aliphatic heterocycles. The molecule has 0 aliphatic rings. The van der Waals surface area contributed by atoms with E-state index in [1.807, 2.05) is 0 Å². The number of rotatable bonds is 32. The van der Waals surface area contributed by atoms with Crippen molar-refractivity contribution >= 4 is 5.91 Å². The van der Waals surface area contributed by atoms with Gasteiger partial charge in [0.15, 0.2) is 0 Å². The van der Waals surface area contributed by atoms with Crippen LogP contribution in [0.5, 0.6) is 0 Å². The van der Waals surface area contributed by atoms with Crippen LogP contribution in [0, 0.1) is 0 Å². The highest BCUT2D eigenvalue weighted by Crippen LogP contribution is 2.15. The first-order chi connectivity index (χ1) is 19.7. The van der Waals surface area contributed by atoms with E-state index in [1.165, 1.54) is 135 Å². The fraction of sp³-hybridized carbons (Fsp3) is 0.917. The highest BCUT2D eigenvalue weighted by atomic mass is 16.3. The van der Waals surface area contributed by atoms with Crippen LogP contribution < -0.4 is 5.32 Å². The van der Waals surface area contributed by atoms with Gasteiger partial charge in [0, 0.05) is 6.42 Å². The molecule has 0 heterocycles. The number of hydrogen-bond donors (Lipinski definition) is 3. The lowest BCUT2D eigenvalue weighted by Crippen LogP contribution is -2.45. The van der Waals surface area contributed by atoms with Gasteiger partial charge in [-0.15, -0.1) is 0 Å². The molecule has 0 saturated heterocycles. The molecule has 0 radical (unpaired) electrons. The van der Waals surface area contributed by atoms with Crippen molar-refractivity contribution in [3.8, 4) is 0 Å². The van der Waals surface area contributed by atoms with E-state index in [0.717, 1.165) is 32.1 Å². The van der Waals surface area contributed by atoms with Gasteiger partial charge in [0.25, 0.3) is 0 Å². The molecule has 0 saturated carbocycles. The van der Waals surface area contributed by atoms with Crippen molar-refractivity contribution in [2.45, 2.75) is 206 Å². The predicted octanol–water partition coefficient (Wildman–Crippen LogP) is 10.3. The maximum absolute atomic E-state index is 12.3. The molecule has 1 amide bonds. The minimum atomic E-state index is -0.674. The Morgan fingerprint density at radius 2 is 0.950 bits per heavy atom. The Labute approximate surface area is 250 Å². The van der Waals surface area contributed by atoms with Gasteiger partial charge in [-0.25, -0.2) is 0 Å². The lowest BCUT2D eigenvalue weighted by Gasteiger charge is -2.22. The van der Waals surface area contributed by atoms with Crippen LogP contribution in [0.4, 0.5) is 0 Å². The zero-order valence-electron chi connectivity index (χ0n) is 27.1. The van der Waals surface area contributed by atoms with E-state index >= 15 is 0 Å². The molecule has 0 spiro atoms. The second-order valence-electron chi connectivity index (χ2n) is 12.3. The summed E-state index contributed by atoms with van der Waals surface area (Å²) in [7, 11) is 0. The van der Waals surface area contributed by atoms with Crippen LogP contribution >= 0.6 is 0 Å². The van der Waals surface area contributed by atoms with Crippen LogP contribution in [0.1, 0.15) is 194 Å². The van der Waals surface area contributed by atoms with E-state index in [0.29, 0.717) is 12.8 Å². The topological polar surface area (TPSA) is 69.6 Å². The number of aliphatic hydroxyl groups excluding tert-OH is 2. The van der Waals surface area contributed by atoms with Gasteiger partial charge in [-0.3, -0.25) is 4.79 Å². The van der Waals surface area contributed by atoms with Gasteiger partial charge in [0.2, 0.25) is 5.91 Å². The van der Waals surface area contributed by atoms with Crippen molar-refractivity contribution < 1.29 is 15.0 Å². The Balaban J connectivity index is 3.57. The Bertz CT molecular complexity index is 536. The molecule has 0 unspecified atom stereocenters. The number of carbonyl (C=O) groups excluding carboxylic acids is 1. The fourth-order valence-electron chi connectivity index (χ4n) is 5.47. The first kappa shape index (κ1) is 39.1. The third kappa shape index (κ3) is 28.7. The molecular formula is C36H71NO3. The molecule has 238 valence electrons. The number of allylic oxidation sites excluding steroid dienone is 2. The summed E-state index contributed by atoms with van der Waals surface area (Å²) in [5, 5.41) is 23.0. The standard InChI is InChI=1S/C36H71NO3/c1-3-5-7-9-11-13-15-17-18-19-20-22-24-26-28-30-32-36(40)37-34(33-38)35(39)31-29-27-25-23-21-16-14-12-10-8-6-4-2/h21,23,34-35,38-39H,3-20,22,24-33H2,1-2H3,(H,37,40)/b23-21+/t34-,35+/m0/s1. The number of nitrogens with one attached hydrogen (secondary N) is 1. The van der Waals surface area contributed by atoms with Crippen LogP contribution in [-0.2, 0) is 4.79 Å². The average Bonchev–Trinajstić information content (AvgIpc) is 2.96. The van der Waals surface area contributed by atoms with Crippen LogP contribution in [-0.4, -0.2) is 34.9 Å². The molecule has 0 aliphatic carbocycles. The second-order valence-corrected chi connectivity index (χ2v) is 12.3. The average molecular weight is 566 g/mol. The number of hydrogen-bond acceptors (Lipinski definition) is 3. The Morgan fingerprint density at radius 3 is 1.38 bits per heavy atom. The molecule has 0 fully saturated rings. The predicted molar refractivity (Wildman–Crippen MR) is 175 cm³/mol. The molecule has 4 heteroatoms. The third-order valence-corrected chi connectivity index (χ3v) is 8.28. The number of amides is 1. The Hall–Kier alpha value is -0.870. The lowest BCUT2D eigenvalue weighted by molar-refractivity contribution is -0.123. The van der Waals surface area contributed by atoms with Gasteiger partial charge in [-0.1, -0.05) is 161 Å². The zero-order valence-corrected chi connectivity index (χ0v) is 27.1. The van der Waals surface area contributed by atoms with Gasteiger partial charge < -0.3 is 15.5 Å². The van der Waals surface area contributed by atoms with E-state index in [-0.39, 0.29) is 12.5 Å². The molecule has 0 aromatic rings. The van der Waals surface area contributed by atoms with Crippen LogP contribution in [0.15, 0.2) is 12.2 Å². The number of carbonyl (C=O) groups is 1. The zero-order chi connectivity index (χ0) is 29.4. The van der Waals surface area contributed by atoms with E-state index in [2.05, 4.69) is 31.3 Å². The van der Waals surface area contributed by atoms with E-state index in [4.69, 9.17) is 0 Å². The van der Waals surface area contributed by atoms with E-state index in [1.54, 1.807) is 0 Å². The molecule has 4 nitrogen and oxygen atoms in total. The first-order valence-corrected chi connectivity index (χ1v) is 17.9. The Morgan fingerprint density at radius 1 is 0.575 bits per heavy atom. The van der Waals surface area contributed by atoms with Crippen molar-refractivity contribution in [3.63, 3.8) is 0 Å². The number of unbranched alkanes of at least 4 members (excludes halogenated alkanes) is 23. The summed E-state index contributed by atoms with van der Waals surface area (Å²) < 4.78 is 0. The van der Waals surface area contributed by atoms with Gasteiger partial charge in [0.1, 0.15) is 0 Å². The molecule has 0 aromatic carbocycles. The van der Waals surface area contributed by atoms with Crippen LogP contribution in [0.25, 0.3) is 0 Å². The van der Waals surface area contributed by atoms with Crippen LogP contribution in [0.3, 0.4) is 0 Å². The van der Waals surface area contributed by atoms with Crippen molar-refractivity contribution in [3.05, 3.63) is 12.2 Å². The van der Waals surface area contributed by atoms with Crippen molar-refractivity contribution in [1.29, 1.82) is 0 Å². The minimum absolute atomic E-state index is 0.0407. The van der Waals surface area contributed by atoms with Crippen molar-refractivity contribution in [2.24, 2.45) is 0 Å². The molecule has 3 N–H and O–H groups in total. The summed E-state index contributed by atoms with van der Waals surface area (Å²) in [4.78, 5) is 12.3. The fourth-order valence-corrected chi connectivity index (χ4v) is 5.47. The van der Waals surface area contributed by atoms with E-state index in [9.17, 15) is 15.0 Å². The van der Waals surface area contributed by atoms with Gasteiger partial charge in [0.05, 0.1) is 18.8 Å². The smallest absolute Gasteiger partial charge is 0.220 e. The van der Waals surface area contributed by atoms with Crippen molar-refractivity contribution in [2.75, 3.05) is 6.61 Å². The largest absolute Gasteiger partial charge is 0.394 e. The normalized spacial score (nSPS) is 13.2. The summed E-state index contributed by atoms with van der Waals surface area (Å²) >= 11 is 0. The van der Waals surface area contributed by atoms with Gasteiger partial charge in [-0.05, 0) is 38.5 Å². The third-order valence-electron chi connectivity index (χ3n) is 8.28. The molecule has 0 rings (SSSR count). The van der Waals surface area contributed by atoms with Gasteiger partial charge >= 0.3 is 0 Å². The maximum atomic E-state index is 12.3. The molecule has 0 aromatic heterocycles. The lowest BCUT2D eigenvalue weighted by atomic mass is 10.0. The summed E-state index contributed by atoms with van der Waals surface area (Å²) in [6.45, 7) is 4.33. The maximum Gasteiger partial charge on any atom is 0.220 e. The molecular weight excluding hydrogens is 494 g/mol. The second kappa shape index (κ2) is 32.6. The van der Waals surface area contributed by atoms with Crippen molar-refractivity contribution in [1.82, 2.24) is 5.32 Å². The monoisotopic (exact) mass is 566 g/mol. The summed E-state index contributed by atoms with van der Waals surface area (Å²) in [5.41, 5.74) is 0. The minimum Gasteiger partial charge on any atom is -0.394 e. The highest BCUT2D eigenvalue weighted by molar-refractivity contribution is 5.76.